The van der Waals surface area contributed by atoms with Crippen molar-refractivity contribution < 1.29 is 14.3 Å². The van der Waals surface area contributed by atoms with Crippen LogP contribution >= 0.6 is 12.2 Å². The molecule has 0 heterocycles. The van der Waals surface area contributed by atoms with Crippen molar-refractivity contribution in [2.45, 2.75) is 45.1 Å². The Labute approximate surface area is 133 Å². The third-order valence-electron chi connectivity index (χ3n) is 4.33. The Hall–Kier alpha value is -0.720. The van der Waals surface area contributed by atoms with E-state index < -0.39 is 5.41 Å². The first-order valence-electron chi connectivity index (χ1n) is 7.58. The molecule has 6 heteroatoms. The van der Waals surface area contributed by atoms with E-state index in [1.54, 1.807) is 14.2 Å². The zero-order valence-electron chi connectivity index (χ0n) is 13.4. The molecule has 0 aliphatic heterocycles. The minimum atomic E-state index is -0.677. The molecule has 1 rings (SSSR count). The van der Waals surface area contributed by atoms with Crippen molar-refractivity contribution in [2.24, 2.45) is 11.1 Å². The van der Waals surface area contributed by atoms with Crippen molar-refractivity contribution in [3.8, 4) is 0 Å². The van der Waals surface area contributed by atoms with Gasteiger partial charge in [0.25, 0.3) is 0 Å². The average molecular weight is 316 g/mol. The molecule has 1 fully saturated rings. The van der Waals surface area contributed by atoms with Gasteiger partial charge in [0.05, 0.1) is 29.7 Å². The molecule has 0 aromatic carbocycles. The van der Waals surface area contributed by atoms with Gasteiger partial charge in [-0.2, -0.15) is 0 Å². The standard InChI is InChI=1S/C15H28N2O3S/c1-12(11-20-3)17(9-10-19-2)14(18)15(13(16)21)7-5-4-6-8-15/h12H,4-11H2,1-3H3,(H2,16,21). The maximum Gasteiger partial charge on any atom is 0.236 e. The highest BCUT2D eigenvalue weighted by Gasteiger charge is 2.45. The van der Waals surface area contributed by atoms with E-state index in [0.29, 0.717) is 24.7 Å². The van der Waals surface area contributed by atoms with Crippen molar-refractivity contribution in [1.82, 2.24) is 4.90 Å². The van der Waals surface area contributed by atoms with Gasteiger partial charge in [0.1, 0.15) is 0 Å². The summed E-state index contributed by atoms with van der Waals surface area (Å²) < 4.78 is 10.3. The number of rotatable bonds is 8. The summed E-state index contributed by atoms with van der Waals surface area (Å²) >= 11 is 5.25. The second kappa shape index (κ2) is 8.66. The van der Waals surface area contributed by atoms with Gasteiger partial charge in [-0.3, -0.25) is 4.79 Å². The first-order valence-corrected chi connectivity index (χ1v) is 7.99. The van der Waals surface area contributed by atoms with E-state index in [9.17, 15) is 4.79 Å². The van der Waals surface area contributed by atoms with Crippen LogP contribution in [0, 0.1) is 5.41 Å². The molecule has 0 radical (unpaired) electrons. The molecule has 1 atom stereocenters. The predicted molar refractivity (Wildman–Crippen MR) is 87.2 cm³/mol. The van der Waals surface area contributed by atoms with Crippen LogP contribution in [0.5, 0.6) is 0 Å². The first-order chi connectivity index (χ1) is 9.99. The molecule has 5 nitrogen and oxygen atoms in total. The normalized spacial score (nSPS) is 19.0. The number of thiocarbonyl (C=S) groups is 1. The lowest BCUT2D eigenvalue weighted by Gasteiger charge is -2.41. The Morgan fingerprint density at radius 3 is 2.38 bits per heavy atom. The summed E-state index contributed by atoms with van der Waals surface area (Å²) in [6.07, 6.45) is 4.65. The fourth-order valence-corrected chi connectivity index (χ4v) is 3.33. The average Bonchev–Trinajstić information content (AvgIpc) is 2.48. The van der Waals surface area contributed by atoms with Gasteiger partial charge in [-0.25, -0.2) is 0 Å². The molecule has 0 spiro atoms. The van der Waals surface area contributed by atoms with Gasteiger partial charge in [0, 0.05) is 20.8 Å². The Morgan fingerprint density at radius 1 is 1.29 bits per heavy atom. The summed E-state index contributed by atoms with van der Waals surface area (Å²) in [5, 5.41) is 0. The lowest BCUT2D eigenvalue weighted by Crippen LogP contribution is -2.55. The summed E-state index contributed by atoms with van der Waals surface area (Å²) in [4.78, 5) is 15.3. The summed E-state index contributed by atoms with van der Waals surface area (Å²) in [6, 6.07) is -0.0224. The molecule has 21 heavy (non-hydrogen) atoms. The van der Waals surface area contributed by atoms with Gasteiger partial charge < -0.3 is 20.1 Å². The van der Waals surface area contributed by atoms with Crippen LogP contribution in [0.15, 0.2) is 0 Å². The molecule has 0 saturated heterocycles. The number of hydrogen-bond donors (Lipinski definition) is 1. The molecule has 1 aliphatic carbocycles. The van der Waals surface area contributed by atoms with E-state index >= 15 is 0 Å². The molecule has 1 aliphatic rings. The summed E-state index contributed by atoms with van der Waals surface area (Å²) in [6.45, 7) is 3.49. The summed E-state index contributed by atoms with van der Waals surface area (Å²) in [7, 11) is 3.27. The van der Waals surface area contributed by atoms with Crippen LogP contribution in [-0.2, 0) is 14.3 Å². The Bertz CT molecular complexity index is 357. The van der Waals surface area contributed by atoms with Crippen molar-refractivity contribution in [1.29, 1.82) is 0 Å². The van der Waals surface area contributed by atoms with Gasteiger partial charge in [-0.1, -0.05) is 31.5 Å². The number of nitrogens with two attached hydrogens (primary N) is 1. The van der Waals surface area contributed by atoms with E-state index in [-0.39, 0.29) is 11.9 Å². The predicted octanol–water partition coefficient (Wildman–Crippen LogP) is 1.73. The minimum absolute atomic E-state index is 0.0224. The van der Waals surface area contributed by atoms with Crippen LogP contribution < -0.4 is 5.73 Å². The lowest BCUT2D eigenvalue weighted by atomic mass is 9.72. The zero-order chi connectivity index (χ0) is 15.9. The Morgan fingerprint density at radius 2 is 1.90 bits per heavy atom. The van der Waals surface area contributed by atoms with Crippen LogP contribution in [0.25, 0.3) is 0 Å². The molecule has 1 saturated carbocycles. The highest BCUT2D eigenvalue weighted by Crippen LogP contribution is 2.38. The Balaban J connectivity index is 2.96. The third-order valence-corrected chi connectivity index (χ3v) is 4.72. The van der Waals surface area contributed by atoms with Crippen molar-refractivity contribution in [2.75, 3.05) is 34.0 Å². The molecule has 0 aromatic heterocycles. The Kier molecular flexibility index (Phi) is 7.56. The SMILES string of the molecule is COCCN(C(=O)C1(C(N)=S)CCCCC1)C(C)COC. The quantitative estimate of drug-likeness (QED) is 0.691. The molecule has 1 unspecified atom stereocenters. The highest BCUT2D eigenvalue weighted by atomic mass is 32.1. The number of nitrogens with zero attached hydrogens (tertiary/aromatic N) is 1. The van der Waals surface area contributed by atoms with E-state index in [1.807, 2.05) is 11.8 Å². The molecule has 2 N–H and O–H groups in total. The maximum atomic E-state index is 13.1. The largest absolute Gasteiger partial charge is 0.392 e. The molecule has 122 valence electrons. The molecular weight excluding hydrogens is 288 g/mol. The zero-order valence-corrected chi connectivity index (χ0v) is 14.2. The topological polar surface area (TPSA) is 64.8 Å². The highest BCUT2D eigenvalue weighted by molar-refractivity contribution is 7.80. The number of amides is 1. The fourth-order valence-electron chi connectivity index (χ4n) is 3.04. The molecule has 0 bridgehead atoms. The molecule has 0 aromatic rings. The van der Waals surface area contributed by atoms with Gasteiger partial charge in [0.2, 0.25) is 5.91 Å². The molecule has 1 amide bonds. The number of carbonyl (C=O) groups is 1. The fraction of sp³-hybridized carbons (Fsp3) is 0.867. The van der Waals surface area contributed by atoms with E-state index in [2.05, 4.69) is 0 Å². The van der Waals surface area contributed by atoms with Gasteiger partial charge in [-0.15, -0.1) is 0 Å². The van der Waals surface area contributed by atoms with Crippen molar-refractivity contribution >= 4 is 23.1 Å². The van der Waals surface area contributed by atoms with Crippen LogP contribution in [0.2, 0.25) is 0 Å². The second-order valence-corrected chi connectivity index (χ2v) is 6.24. The van der Waals surface area contributed by atoms with Crippen LogP contribution in [0.1, 0.15) is 39.0 Å². The second-order valence-electron chi connectivity index (χ2n) is 5.80. The summed E-state index contributed by atoms with van der Waals surface area (Å²) in [5.74, 6) is 0.0382. The molecular formula is C15H28N2O3S. The number of hydrogen-bond acceptors (Lipinski definition) is 4. The lowest BCUT2D eigenvalue weighted by molar-refractivity contribution is -0.143. The van der Waals surface area contributed by atoms with Crippen molar-refractivity contribution in [3.05, 3.63) is 0 Å². The monoisotopic (exact) mass is 316 g/mol. The first kappa shape index (κ1) is 18.3. The van der Waals surface area contributed by atoms with Gasteiger partial charge in [0.15, 0.2) is 0 Å². The third kappa shape index (κ3) is 4.37. The minimum Gasteiger partial charge on any atom is -0.392 e. The number of ether oxygens (including phenoxy) is 2. The summed E-state index contributed by atoms with van der Waals surface area (Å²) in [5.41, 5.74) is 5.29. The van der Waals surface area contributed by atoms with E-state index in [0.717, 1.165) is 32.1 Å². The maximum absolute atomic E-state index is 13.1. The van der Waals surface area contributed by atoms with Gasteiger partial charge in [-0.05, 0) is 19.8 Å². The number of methoxy groups -OCH3 is 2. The van der Waals surface area contributed by atoms with Crippen LogP contribution in [0.3, 0.4) is 0 Å². The van der Waals surface area contributed by atoms with Crippen LogP contribution in [-0.4, -0.2) is 55.8 Å². The number of carbonyl (C=O) groups excluding carboxylic acids is 1. The van der Waals surface area contributed by atoms with Crippen molar-refractivity contribution in [3.63, 3.8) is 0 Å². The smallest absolute Gasteiger partial charge is 0.236 e. The van der Waals surface area contributed by atoms with Gasteiger partial charge >= 0.3 is 0 Å². The van der Waals surface area contributed by atoms with E-state index in [4.69, 9.17) is 27.4 Å². The van der Waals surface area contributed by atoms with Crippen LogP contribution in [0.4, 0.5) is 0 Å². The van der Waals surface area contributed by atoms with E-state index in [1.165, 1.54) is 0 Å².